The fraction of sp³-hybridized carbons (Fsp3) is 0.700. The molecule has 2 saturated carbocycles. The summed E-state index contributed by atoms with van der Waals surface area (Å²) >= 11 is 0. The number of hydrogen-bond acceptors (Lipinski definition) is 1. The van der Waals surface area contributed by atoms with Gasteiger partial charge in [-0.1, -0.05) is 58.0 Å². The smallest absolute Gasteiger partial charge is 0.0351 e. The first-order valence-corrected chi connectivity index (χ1v) is 8.66. The largest absolute Gasteiger partial charge is 0.307 e. The summed E-state index contributed by atoms with van der Waals surface area (Å²) in [5, 5.41) is 4.05. The number of nitrogens with one attached hydrogen (secondary N) is 1. The van der Waals surface area contributed by atoms with E-state index in [2.05, 4.69) is 63.3 Å². The summed E-state index contributed by atoms with van der Waals surface area (Å²) in [5.41, 5.74) is 2.41. The molecule has 2 aliphatic rings. The average molecular weight is 285 g/mol. The molecular weight excluding hydrogens is 254 g/mol. The van der Waals surface area contributed by atoms with E-state index in [1.54, 1.807) is 0 Å². The van der Waals surface area contributed by atoms with Crippen molar-refractivity contribution >= 4 is 0 Å². The van der Waals surface area contributed by atoms with Gasteiger partial charge in [-0.2, -0.15) is 0 Å². The van der Waals surface area contributed by atoms with Gasteiger partial charge in [-0.25, -0.2) is 0 Å². The molecule has 1 atom stereocenters. The molecule has 1 nitrogen and oxygen atoms in total. The maximum atomic E-state index is 4.05. The molecule has 1 aromatic rings. The Morgan fingerprint density at radius 1 is 0.952 bits per heavy atom. The van der Waals surface area contributed by atoms with Crippen LogP contribution in [0.3, 0.4) is 0 Å². The second kappa shape index (κ2) is 5.43. The van der Waals surface area contributed by atoms with Gasteiger partial charge >= 0.3 is 0 Å². The Balaban J connectivity index is 1.74. The van der Waals surface area contributed by atoms with Crippen LogP contribution in [0.2, 0.25) is 0 Å². The highest BCUT2D eigenvalue weighted by Crippen LogP contribution is 2.48. The molecule has 0 aliphatic heterocycles. The minimum Gasteiger partial charge on any atom is -0.307 e. The molecule has 1 aromatic carbocycles. The van der Waals surface area contributed by atoms with E-state index >= 15 is 0 Å². The van der Waals surface area contributed by atoms with Crippen LogP contribution in [0.15, 0.2) is 30.3 Å². The van der Waals surface area contributed by atoms with Crippen LogP contribution in [0.25, 0.3) is 0 Å². The molecule has 0 aromatic heterocycles. The SMILES string of the molecule is CC1(C)CC(NC(c2ccccc2)C2CC2)CC(C)(C)C1. The summed E-state index contributed by atoms with van der Waals surface area (Å²) in [7, 11) is 0. The predicted octanol–water partition coefficient (Wildman–Crippen LogP) is 5.33. The topological polar surface area (TPSA) is 12.0 Å². The molecule has 21 heavy (non-hydrogen) atoms. The molecule has 0 amide bonds. The van der Waals surface area contributed by atoms with Gasteiger partial charge in [0.2, 0.25) is 0 Å². The molecule has 1 heteroatoms. The summed E-state index contributed by atoms with van der Waals surface area (Å²) in [5.74, 6) is 0.862. The van der Waals surface area contributed by atoms with Crippen LogP contribution in [0, 0.1) is 16.7 Å². The monoisotopic (exact) mass is 285 g/mol. The lowest BCUT2D eigenvalue weighted by Gasteiger charge is -2.46. The normalized spacial score (nSPS) is 26.5. The fourth-order valence-corrected chi connectivity index (χ4v) is 4.81. The summed E-state index contributed by atoms with van der Waals surface area (Å²) < 4.78 is 0. The Hall–Kier alpha value is -0.820. The van der Waals surface area contributed by atoms with Gasteiger partial charge in [0.1, 0.15) is 0 Å². The highest BCUT2D eigenvalue weighted by molar-refractivity contribution is 5.21. The quantitative estimate of drug-likeness (QED) is 0.788. The van der Waals surface area contributed by atoms with Crippen molar-refractivity contribution in [3.8, 4) is 0 Å². The van der Waals surface area contributed by atoms with E-state index in [0.29, 0.717) is 22.9 Å². The lowest BCUT2D eigenvalue weighted by molar-refractivity contribution is 0.0787. The summed E-state index contributed by atoms with van der Waals surface area (Å²) in [6.07, 6.45) is 6.76. The van der Waals surface area contributed by atoms with Crippen molar-refractivity contribution < 1.29 is 0 Å². The maximum absolute atomic E-state index is 4.05. The first-order valence-electron chi connectivity index (χ1n) is 8.66. The van der Waals surface area contributed by atoms with E-state index in [1.165, 1.54) is 37.7 Å². The molecular formula is C20H31N. The summed E-state index contributed by atoms with van der Waals surface area (Å²) in [6, 6.07) is 12.3. The van der Waals surface area contributed by atoms with Crippen molar-refractivity contribution in [1.82, 2.24) is 5.32 Å². The average Bonchev–Trinajstić information content (AvgIpc) is 3.17. The van der Waals surface area contributed by atoms with E-state index in [0.717, 1.165) is 5.92 Å². The van der Waals surface area contributed by atoms with Crippen LogP contribution >= 0.6 is 0 Å². The molecule has 2 aliphatic carbocycles. The molecule has 3 rings (SSSR count). The van der Waals surface area contributed by atoms with Crippen LogP contribution in [-0.2, 0) is 0 Å². The summed E-state index contributed by atoms with van der Waals surface area (Å²) in [6.45, 7) is 9.77. The van der Waals surface area contributed by atoms with Gasteiger partial charge in [0.15, 0.2) is 0 Å². The van der Waals surface area contributed by atoms with E-state index in [9.17, 15) is 0 Å². The van der Waals surface area contributed by atoms with Crippen LogP contribution in [0.4, 0.5) is 0 Å². The zero-order valence-electron chi connectivity index (χ0n) is 14.2. The Labute approximate surface area is 130 Å². The fourth-order valence-electron chi connectivity index (χ4n) is 4.81. The molecule has 0 radical (unpaired) electrons. The van der Waals surface area contributed by atoms with Gasteiger partial charge in [-0.3, -0.25) is 0 Å². The molecule has 0 spiro atoms. The molecule has 0 bridgehead atoms. The lowest BCUT2D eigenvalue weighted by atomic mass is 9.63. The van der Waals surface area contributed by atoms with Crippen LogP contribution in [-0.4, -0.2) is 6.04 Å². The van der Waals surface area contributed by atoms with Crippen molar-refractivity contribution in [2.45, 2.75) is 71.9 Å². The predicted molar refractivity (Wildman–Crippen MR) is 90.2 cm³/mol. The van der Waals surface area contributed by atoms with Crippen molar-refractivity contribution in [2.24, 2.45) is 16.7 Å². The number of rotatable bonds is 4. The minimum atomic E-state index is 0.463. The van der Waals surface area contributed by atoms with Gasteiger partial charge in [-0.05, 0) is 54.4 Å². The Bertz CT molecular complexity index is 454. The highest BCUT2D eigenvalue weighted by atomic mass is 15.0. The second-order valence-electron chi connectivity index (χ2n) is 9.00. The number of benzene rings is 1. The van der Waals surface area contributed by atoms with E-state index < -0.39 is 0 Å². The third kappa shape index (κ3) is 3.88. The number of hydrogen-bond donors (Lipinski definition) is 1. The zero-order valence-corrected chi connectivity index (χ0v) is 14.2. The highest BCUT2D eigenvalue weighted by Gasteiger charge is 2.41. The lowest BCUT2D eigenvalue weighted by Crippen LogP contribution is -2.45. The Morgan fingerprint density at radius 3 is 2.05 bits per heavy atom. The molecule has 0 heterocycles. The van der Waals surface area contributed by atoms with Crippen molar-refractivity contribution in [1.29, 1.82) is 0 Å². The first-order chi connectivity index (χ1) is 9.85. The Kier molecular flexibility index (Phi) is 3.90. The van der Waals surface area contributed by atoms with Gasteiger partial charge < -0.3 is 5.32 Å². The first kappa shape index (κ1) is 15.1. The second-order valence-corrected chi connectivity index (χ2v) is 9.00. The standard InChI is InChI=1S/C20H31N/c1-19(2)12-17(13-20(3,4)14-19)21-18(16-10-11-16)15-8-6-5-7-9-15/h5-9,16-18,21H,10-14H2,1-4H3. The molecule has 1 N–H and O–H groups in total. The van der Waals surface area contributed by atoms with Gasteiger partial charge in [0.25, 0.3) is 0 Å². The van der Waals surface area contributed by atoms with Crippen LogP contribution < -0.4 is 5.32 Å². The molecule has 2 fully saturated rings. The molecule has 1 unspecified atom stereocenters. The van der Waals surface area contributed by atoms with Gasteiger partial charge in [0.05, 0.1) is 0 Å². The van der Waals surface area contributed by atoms with Gasteiger partial charge in [0, 0.05) is 12.1 Å². The van der Waals surface area contributed by atoms with Gasteiger partial charge in [-0.15, -0.1) is 0 Å². The van der Waals surface area contributed by atoms with Crippen molar-refractivity contribution in [3.63, 3.8) is 0 Å². The third-order valence-corrected chi connectivity index (χ3v) is 5.22. The Morgan fingerprint density at radius 2 is 1.52 bits per heavy atom. The minimum absolute atomic E-state index is 0.463. The van der Waals surface area contributed by atoms with Crippen molar-refractivity contribution in [2.75, 3.05) is 0 Å². The zero-order chi connectivity index (χ0) is 15.1. The van der Waals surface area contributed by atoms with Crippen molar-refractivity contribution in [3.05, 3.63) is 35.9 Å². The molecule has 0 saturated heterocycles. The maximum Gasteiger partial charge on any atom is 0.0351 e. The summed E-state index contributed by atoms with van der Waals surface area (Å²) in [4.78, 5) is 0. The third-order valence-electron chi connectivity index (χ3n) is 5.22. The molecule has 116 valence electrons. The van der Waals surface area contributed by atoms with Crippen LogP contribution in [0.1, 0.15) is 71.4 Å². The van der Waals surface area contributed by atoms with E-state index in [-0.39, 0.29) is 0 Å². The van der Waals surface area contributed by atoms with E-state index in [4.69, 9.17) is 0 Å². The van der Waals surface area contributed by atoms with E-state index in [1.807, 2.05) is 0 Å². The van der Waals surface area contributed by atoms with Crippen LogP contribution in [0.5, 0.6) is 0 Å².